The molecule has 1 aliphatic carbocycles. The van der Waals surface area contributed by atoms with Crippen molar-refractivity contribution in [2.45, 2.75) is 31.8 Å². The van der Waals surface area contributed by atoms with E-state index in [1.807, 2.05) is 12.1 Å². The molecule has 1 aromatic carbocycles. The van der Waals surface area contributed by atoms with Crippen LogP contribution in [-0.4, -0.2) is 28.6 Å². The van der Waals surface area contributed by atoms with Gasteiger partial charge in [0.2, 0.25) is 0 Å². The first-order chi connectivity index (χ1) is 8.69. The number of nitrogens with zero attached hydrogens (tertiary/aromatic N) is 2. The van der Waals surface area contributed by atoms with Crippen molar-refractivity contribution in [3.05, 3.63) is 35.4 Å². The van der Waals surface area contributed by atoms with Gasteiger partial charge in [-0.1, -0.05) is 12.1 Å². The molecule has 0 aliphatic heterocycles. The van der Waals surface area contributed by atoms with Crippen LogP contribution in [0.25, 0.3) is 0 Å². The Balaban J connectivity index is 1.95. The Labute approximate surface area is 106 Å². The van der Waals surface area contributed by atoms with E-state index >= 15 is 0 Å². The maximum atomic E-state index is 10.6. The summed E-state index contributed by atoms with van der Waals surface area (Å²) < 4.78 is 0. The van der Waals surface area contributed by atoms with E-state index in [0.717, 1.165) is 24.9 Å². The van der Waals surface area contributed by atoms with Gasteiger partial charge in [0.25, 0.3) is 0 Å². The second kappa shape index (κ2) is 5.65. The molecule has 94 valence electrons. The first-order valence-electron chi connectivity index (χ1n) is 6.14. The molecule has 0 spiro atoms. The van der Waals surface area contributed by atoms with E-state index in [1.54, 1.807) is 12.1 Å². The van der Waals surface area contributed by atoms with Crippen LogP contribution in [0.15, 0.2) is 24.3 Å². The lowest BCUT2D eigenvalue weighted by atomic mass is 10.1. The van der Waals surface area contributed by atoms with Crippen LogP contribution >= 0.6 is 0 Å². The quantitative estimate of drug-likeness (QED) is 0.831. The number of carboxylic acids is 1. The number of rotatable bonds is 6. The third-order valence-corrected chi connectivity index (χ3v) is 3.14. The Kier molecular flexibility index (Phi) is 3.96. The van der Waals surface area contributed by atoms with Gasteiger partial charge in [0.05, 0.1) is 18.1 Å². The molecule has 0 aromatic heterocycles. The molecule has 0 saturated heterocycles. The highest BCUT2D eigenvalue weighted by molar-refractivity contribution is 5.66. The fourth-order valence-electron chi connectivity index (χ4n) is 1.99. The predicted octanol–water partition coefficient (Wildman–Crippen LogP) is 2.00. The van der Waals surface area contributed by atoms with Crippen molar-refractivity contribution < 1.29 is 9.90 Å². The molecule has 4 nitrogen and oxygen atoms in total. The molecule has 0 radical (unpaired) electrons. The van der Waals surface area contributed by atoms with Crippen LogP contribution in [0.2, 0.25) is 0 Å². The summed E-state index contributed by atoms with van der Waals surface area (Å²) in [7, 11) is 0. The Morgan fingerprint density at radius 1 is 1.39 bits per heavy atom. The zero-order valence-electron chi connectivity index (χ0n) is 10.2. The van der Waals surface area contributed by atoms with Gasteiger partial charge in [-0.3, -0.25) is 9.69 Å². The first-order valence-corrected chi connectivity index (χ1v) is 6.14. The van der Waals surface area contributed by atoms with Gasteiger partial charge in [0, 0.05) is 19.1 Å². The average molecular weight is 244 g/mol. The van der Waals surface area contributed by atoms with Crippen LogP contribution in [0.3, 0.4) is 0 Å². The minimum atomic E-state index is -0.750. The molecule has 4 heteroatoms. The molecule has 18 heavy (non-hydrogen) atoms. The standard InChI is InChI=1S/C14H16N2O2/c15-9-11-1-3-12(4-2-11)10-16(13-5-6-13)8-7-14(17)18/h1-4,13H,5-8,10H2,(H,17,18). The maximum Gasteiger partial charge on any atom is 0.304 e. The fraction of sp³-hybridized carbons (Fsp3) is 0.429. The lowest BCUT2D eigenvalue weighted by Gasteiger charge is -2.21. The minimum absolute atomic E-state index is 0.187. The van der Waals surface area contributed by atoms with Crippen molar-refractivity contribution >= 4 is 5.97 Å². The molecule has 0 heterocycles. The third kappa shape index (κ3) is 3.57. The van der Waals surface area contributed by atoms with E-state index in [4.69, 9.17) is 10.4 Å². The number of aliphatic carboxylic acids is 1. The van der Waals surface area contributed by atoms with Crippen molar-refractivity contribution in [3.8, 4) is 6.07 Å². The van der Waals surface area contributed by atoms with Gasteiger partial charge in [-0.15, -0.1) is 0 Å². The van der Waals surface area contributed by atoms with Crippen LogP contribution in [0.4, 0.5) is 0 Å². The molecule has 1 N–H and O–H groups in total. The van der Waals surface area contributed by atoms with Crippen molar-refractivity contribution in [2.24, 2.45) is 0 Å². The fourth-order valence-corrected chi connectivity index (χ4v) is 1.99. The lowest BCUT2D eigenvalue weighted by Crippen LogP contribution is -2.28. The molecule has 2 rings (SSSR count). The number of hydrogen-bond acceptors (Lipinski definition) is 3. The molecular weight excluding hydrogens is 228 g/mol. The van der Waals surface area contributed by atoms with E-state index in [2.05, 4.69) is 11.0 Å². The van der Waals surface area contributed by atoms with Crippen LogP contribution in [0.5, 0.6) is 0 Å². The molecule has 0 atom stereocenters. The van der Waals surface area contributed by atoms with Gasteiger partial charge in [0.1, 0.15) is 0 Å². The molecule has 1 aliphatic rings. The highest BCUT2D eigenvalue weighted by Gasteiger charge is 2.28. The van der Waals surface area contributed by atoms with E-state index in [9.17, 15) is 4.79 Å². The van der Waals surface area contributed by atoms with E-state index in [0.29, 0.717) is 18.2 Å². The maximum absolute atomic E-state index is 10.6. The lowest BCUT2D eigenvalue weighted by molar-refractivity contribution is -0.137. The third-order valence-electron chi connectivity index (χ3n) is 3.14. The summed E-state index contributed by atoms with van der Waals surface area (Å²) in [5.74, 6) is -0.750. The van der Waals surface area contributed by atoms with Gasteiger partial charge < -0.3 is 5.11 Å². The Hall–Kier alpha value is -1.86. The number of nitriles is 1. The Morgan fingerprint density at radius 3 is 2.56 bits per heavy atom. The van der Waals surface area contributed by atoms with Gasteiger partial charge in [-0.05, 0) is 30.5 Å². The normalized spacial score (nSPS) is 14.4. The molecule has 0 unspecified atom stereocenters. The summed E-state index contributed by atoms with van der Waals surface area (Å²) in [6.07, 6.45) is 2.51. The zero-order valence-corrected chi connectivity index (χ0v) is 10.2. The van der Waals surface area contributed by atoms with Crippen LogP contribution in [-0.2, 0) is 11.3 Å². The van der Waals surface area contributed by atoms with Crippen molar-refractivity contribution in [2.75, 3.05) is 6.54 Å². The van der Waals surface area contributed by atoms with Gasteiger partial charge in [0.15, 0.2) is 0 Å². The highest BCUT2D eigenvalue weighted by atomic mass is 16.4. The summed E-state index contributed by atoms with van der Waals surface area (Å²) in [5.41, 5.74) is 1.79. The summed E-state index contributed by atoms with van der Waals surface area (Å²) >= 11 is 0. The molecular formula is C14H16N2O2. The van der Waals surface area contributed by atoms with Crippen molar-refractivity contribution in [3.63, 3.8) is 0 Å². The molecule has 1 saturated carbocycles. The number of carboxylic acid groups (broad SMARTS) is 1. The monoisotopic (exact) mass is 244 g/mol. The van der Waals surface area contributed by atoms with Crippen molar-refractivity contribution in [1.29, 1.82) is 5.26 Å². The van der Waals surface area contributed by atoms with E-state index in [1.165, 1.54) is 0 Å². The van der Waals surface area contributed by atoms with Gasteiger partial charge in [-0.25, -0.2) is 0 Å². The summed E-state index contributed by atoms with van der Waals surface area (Å²) in [6.45, 7) is 1.36. The SMILES string of the molecule is N#Cc1ccc(CN(CCC(=O)O)C2CC2)cc1. The van der Waals surface area contributed by atoms with Crippen LogP contribution in [0.1, 0.15) is 30.4 Å². The number of carbonyl (C=O) groups is 1. The largest absolute Gasteiger partial charge is 0.481 e. The summed E-state index contributed by atoms with van der Waals surface area (Å²) in [6, 6.07) is 10.1. The minimum Gasteiger partial charge on any atom is -0.481 e. The smallest absolute Gasteiger partial charge is 0.304 e. The molecule has 0 bridgehead atoms. The summed E-state index contributed by atoms with van der Waals surface area (Å²) in [4.78, 5) is 12.8. The second-order valence-corrected chi connectivity index (χ2v) is 4.65. The van der Waals surface area contributed by atoms with E-state index < -0.39 is 5.97 Å². The van der Waals surface area contributed by atoms with Gasteiger partial charge >= 0.3 is 5.97 Å². The molecule has 0 amide bonds. The second-order valence-electron chi connectivity index (χ2n) is 4.65. The molecule has 1 fully saturated rings. The summed E-state index contributed by atoms with van der Waals surface area (Å²) in [5, 5.41) is 17.5. The Morgan fingerprint density at radius 2 is 2.06 bits per heavy atom. The van der Waals surface area contributed by atoms with Gasteiger partial charge in [-0.2, -0.15) is 5.26 Å². The average Bonchev–Trinajstić information content (AvgIpc) is 3.19. The highest BCUT2D eigenvalue weighted by Crippen LogP contribution is 2.28. The Bertz CT molecular complexity index is 458. The van der Waals surface area contributed by atoms with Crippen LogP contribution < -0.4 is 0 Å². The topological polar surface area (TPSA) is 64.3 Å². The van der Waals surface area contributed by atoms with E-state index in [-0.39, 0.29) is 6.42 Å². The number of hydrogen-bond donors (Lipinski definition) is 1. The first kappa shape index (κ1) is 12.6. The molecule has 1 aromatic rings. The zero-order chi connectivity index (χ0) is 13.0. The van der Waals surface area contributed by atoms with Crippen LogP contribution in [0, 0.1) is 11.3 Å². The number of benzene rings is 1. The predicted molar refractivity (Wildman–Crippen MR) is 66.8 cm³/mol. The van der Waals surface area contributed by atoms with Crippen molar-refractivity contribution in [1.82, 2.24) is 4.90 Å².